The highest BCUT2D eigenvalue weighted by Gasteiger charge is 2.21. The topological polar surface area (TPSA) is 58.4 Å². The van der Waals surface area contributed by atoms with Crippen molar-refractivity contribution in [1.29, 1.82) is 0 Å². The third-order valence-electron chi connectivity index (χ3n) is 4.84. The molecular weight excluding hydrogens is 298 g/mol. The second-order valence-electron chi connectivity index (χ2n) is 6.47. The monoisotopic (exact) mass is 323 g/mol. The van der Waals surface area contributed by atoms with Crippen LogP contribution in [0.5, 0.6) is 0 Å². The standard InChI is InChI=1S/C20H25N3O/c1-22-20(24)17-7-8-19(18(21)14-17)23-11-9-16(10-12-23)13-15-5-3-2-4-6-15/h2-8,14,16H,9-13,21H2,1H3,(H,22,24). The van der Waals surface area contributed by atoms with Crippen LogP contribution in [0.1, 0.15) is 28.8 Å². The van der Waals surface area contributed by atoms with Gasteiger partial charge in [0.25, 0.3) is 5.91 Å². The molecule has 1 heterocycles. The van der Waals surface area contributed by atoms with Gasteiger partial charge in [-0.2, -0.15) is 0 Å². The number of hydrogen-bond donors (Lipinski definition) is 2. The summed E-state index contributed by atoms with van der Waals surface area (Å²) in [5, 5.41) is 2.63. The molecule has 2 aromatic rings. The predicted molar refractivity (Wildman–Crippen MR) is 99.3 cm³/mol. The number of amides is 1. The SMILES string of the molecule is CNC(=O)c1ccc(N2CCC(Cc3ccccc3)CC2)c(N)c1. The van der Waals surface area contributed by atoms with E-state index in [1.165, 1.54) is 18.4 Å². The van der Waals surface area contributed by atoms with E-state index in [0.29, 0.717) is 11.3 Å². The quantitative estimate of drug-likeness (QED) is 0.850. The van der Waals surface area contributed by atoms with Crippen LogP contribution in [-0.2, 0) is 6.42 Å². The van der Waals surface area contributed by atoms with Gasteiger partial charge in [0, 0.05) is 25.7 Å². The molecule has 4 heteroatoms. The smallest absolute Gasteiger partial charge is 0.251 e. The van der Waals surface area contributed by atoms with Crippen LogP contribution in [0.15, 0.2) is 48.5 Å². The molecule has 0 aromatic heterocycles. The van der Waals surface area contributed by atoms with E-state index in [0.717, 1.165) is 31.1 Å². The summed E-state index contributed by atoms with van der Waals surface area (Å²) in [6.45, 7) is 2.03. The number of nitrogens with one attached hydrogen (secondary N) is 1. The second-order valence-corrected chi connectivity index (χ2v) is 6.47. The first kappa shape index (κ1) is 16.4. The molecule has 126 valence electrons. The van der Waals surface area contributed by atoms with Crippen LogP contribution in [0.25, 0.3) is 0 Å². The minimum atomic E-state index is -0.102. The van der Waals surface area contributed by atoms with Gasteiger partial charge in [-0.15, -0.1) is 0 Å². The first-order valence-electron chi connectivity index (χ1n) is 8.58. The predicted octanol–water partition coefficient (Wildman–Crippen LogP) is 3.09. The lowest BCUT2D eigenvalue weighted by Crippen LogP contribution is -2.34. The largest absolute Gasteiger partial charge is 0.397 e. The average molecular weight is 323 g/mol. The highest BCUT2D eigenvalue weighted by atomic mass is 16.1. The molecule has 1 aliphatic heterocycles. The zero-order valence-corrected chi connectivity index (χ0v) is 14.2. The number of rotatable bonds is 4. The van der Waals surface area contributed by atoms with E-state index in [2.05, 4.69) is 40.5 Å². The van der Waals surface area contributed by atoms with E-state index in [9.17, 15) is 4.79 Å². The lowest BCUT2D eigenvalue weighted by molar-refractivity contribution is 0.0963. The summed E-state index contributed by atoms with van der Waals surface area (Å²) < 4.78 is 0. The van der Waals surface area contributed by atoms with Crippen molar-refractivity contribution < 1.29 is 4.79 Å². The van der Waals surface area contributed by atoms with Crippen molar-refractivity contribution >= 4 is 17.3 Å². The Balaban J connectivity index is 1.61. The molecule has 1 aliphatic rings. The zero-order valence-electron chi connectivity index (χ0n) is 14.2. The van der Waals surface area contributed by atoms with Crippen molar-refractivity contribution in [2.45, 2.75) is 19.3 Å². The molecule has 4 nitrogen and oxygen atoms in total. The summed E-state index contributed by atoms with van der Waals surface area (Å²) in [5.41, 5.74) is 9.93. The Morgan fingerprint density at radius 2 is 1.88 bits per heavy atom. The zero-order chi connectivity index (χ0) is 16.9. The van der Waals surface area contributed by atoms with Crippen molar-refractivity contribution in [2.24, 2.45) is 5.92 Å². The Labute approximate surface area is 143 Å². The molecule has 1 fully saturated rings. The molecule has 3 N–H and O–H groups in total. The van der Waals surface area contributed by atoms with E-state index >= 15 is 0 Å². The third-order valence-corrected chi connectivity index (χ3v) is 4.84. The molecule has 0 bridgehead atoms. The van der Waals surface area contributed by atoms with Gasteiger partial charge >= 0.3 is 0 Å². The van der Waals surface area contributed by atoms with Crippen LogP contribution in [-0.4, -0.2) is 26.0 Å². The molecule has 0 aliphatic carbocycles. The molecular formula is C20H25N3O. The number of piperidine rings is 1. The van der Waals surface area contributed by atoms with Crippen LogP contribution in [0, 0.1) is 5.92 Å². The Hall–Kier alpha value is -2.49. The van der Waals surface area contributed by atoms with Gasteiger partial charge in [0.15, 0.2) is 0 Å². The molecule has 0 radical (unpaired) electrons. The summed E-state index contributed by atoms with van der Waals surface area (Å²) >= 11 is 0. The maximum Gasteiger partial charge on any atom is 0.251 e. The van der Waals surface area contributed by atoms with Crippen molar-refractivity contribution in [1.82, 2.24) is 5.32 Å². The van der Waals surface area contributed by atoms with E-state index in [-0.39, 0.29) is 5.91 Å². The second kappa shape index (κ2) is 7.39. The molecule has 1 saturated heterocycles. The first-order chi connectivity index (χ1) is 11.7. The van der Waals surface area contributed by atoms with Crippen LogP contribution < -0.4 is 16.0 Å². The summed E-state index contributed by atoms with van der Waals surface area (Å²) in [5.74, 6) is 0.629. The fourth-order valence-electron chi connectivity index (χ4n) is 3.45. The summed E-state index contributed by atoms with van der Waals surface area (Å²) in [6, 6.07) is 16.3. The van der Waals surface area contributed by atoms with Gasteiger partial charge in [0.05, 0.1) is 11.4 Å². The molecule has 0 unspecified atom stereocenters. The molecule has 2 aromatic carbocycles. The highest BCUT2D eigenvalue weighted by Crippen LogP contribution is 2.30. The van der Waals surface area contributed by atoms with E-state index in [4.69, 9.17) is 5.73 Å². The molecule has 1 amide bonds. The number of nitrogens with two attached hydrogens (primary N) is 1. The fourth-order valence-corrected chi connectivity index (χ4v) is 3.45. The van der Waals surface area contributed by atoms with Gasteiger partial charge in [-0.3, -0.25) is 4.79 Å². The van der Waals surface area contributed by atoms with Crippen LogP contribution >= 0.6 is 0 Å². The van der Waals surface area contributed by atoms with Gasteiger partial charge in [-0.1, -0.05) is 30.3 Å². The molecule has 0 saturated carbocycles. The van der Waals surface area contributed by atoms with Gasteiger partial charge in [-0.25, -0.2) is 0 Å². The van der Waals surface area contributed by atoms with E-state index in [1.54, 1.807) is 13.1 Å². The number of nitrogens with zero attached hydrogens (tertiary/aromatic N) is 1. The molecule has 24 heavy (non-hydrogen) atoms. The molecule has 0 atom stereocenters. The normalized spacial score (nSPS) is 15.3. The van der Waals surface area contributed by atoms with Crippen LogP contribution in [0.4, 0.5) is 11.4 Å². The number of anilines is 2. The maximum absolute atomic E-state index is 11.7. The number of carbonyl (C=O) groups is 1. The van der Waals surface area contributed by atoms with Gasteiger partial charge in [-0.05, 0) is 48.9 Å². The minimum absolute atomic E-state index is 0.102. The average Bonchev–Trinajstić information content (AvgIpc) is 2.62. The maximum atomic E-state index is 11.7. The van der Waals surface area contributed by atoms with Gasteiger partial charge in [0.1, 0.15) is 0 Å². The first-order valence-corrected chi connectivity index (χ1v) is 8.58. The number of hydrogen-bond acceptors (Lipinski definition) is 3. The van der Waals surface area contributed by atoms with Crippen molar-refractivity contribution in [3.05, 3.63) is 59.7 Å². The highest BCUT2D eigenvalue weighted by molar-refractivity contribution is 5.96. The Bertz CT molecular complexity index is 691. The lowest BCUT2D eigenvalue weighted by atomic mass is 9.90. The Morgan fingerprint density at radius 1 is 1.17 bits per heavy atom. The summed E-state index contributed by atoms with van der Waals surface area (Å²) in [6.07, 6.45) is 3.50. The van der Waals surface area contributed by atoms with Crippen molar-refractivity contribution in [3.63, 3.8) is 0 Å². The van der Waals surface area contributed by atoms with Gasteiger partial charge in [0.2, 0.25) is 0 Å². The Kier molecular flexibility index (Phi) is 5.04. The Morgan fingerprint density at radius 3 is 2.50 bits per heavy atom. The summed E-state index contributed by atoms with van der Waals surface area (Å²) in [7, 11) is 1.63. The van der Waals surface area contributed by atoms with Crippen LogP contribution in [0.2, 0.25) is 0 Å². The van der Waals surface area contributed by atoms with Gasteiger partial charge < -0.3 is 16.0 Å². The minimum Gasteiger partial charge on any atom is -0.397 e. The van der Waals surface area contributed by atoms with Crippen molar-refractivity contribution in [2.75, 3.05) is 30.8 Å². The summed E-state index contributed by atoms with van der Waals surface area (Å²) in [4.78, 5) is 14.0. The number of nitrogen functional groups attached to an aromatic ring is 1. The fraction of sp³-hybridized carbons (Fsp3) is 0.350. The number of benzene rings is 2. The number of carbonyl (C=O) groups excluding carboxylic acids is 1. The van der Waals surface area contributed by atoms with E-state index in [1.807, 2.05) is 12.1 Å². The van der Waals surface area contributed by atoms with Crippen LogP contribution in [0.3, 0.4) is 0 Å². The van der Waals surface area contributed by atoms with E-state index < -0.39 is 0 Å². The van der Waals surface area contributed by atoms with Crippen molar-refractivity contribution in [3.8, 4) is 0 Å². The molecule has 0 spiro atoms. The third kappa shape index (κ3) is 3.70. The lowest BCUT2D eigenvalue weighted by Gasteiger charge is -2.34. The molecule has 3 rings (SSSR count).